The van der Waals surface area contributed by atoms with Crippen LogP contribution >= 0.6 is 0 Å². The molecule has 15 heavy (non-hydrogen) atoms. The van der Waals surface area contributed by atoms with E-state index in [2.05, 4.69) is 17.2 Å². The Morgan fingerprint density at radius 2 is 2.40 bits per heavy atom. The number of carbonyl (C=O) groups excluding carboxylic acids is 1. The molecule has 0 atom stereocenters. The first kappa shape index (κ1) is 10.3. The molecular weight excluding hydrogens is 190 g/mol. The zero-order valence-electron chi connectivity index (χ0n) is 9.15. The lowest BCUT2D eigenvalue weighted by molar-refractivity contribution is -0.120. The van der Waals surface area contributed by atoms with E-state index in [0.717, 1.165) is 37.9 Å². The average molecular weight is 207 g/mol. The van der Waals surface area contributed by atoms with E-state index in [1.807, 2.05) is 4.68 Å². The SMILES string of the molecule is CCCn1nncc1CCC(=O)C1CC1. The zero-order valence-corrected chi connectivity index (χ0v) is 9.15. The van der Waals surface area contributed by atoms with Gasteiger partial charge in [-0.1, -0.05) is 12.1 Å². The first-order valence-corrected chi connectivity index (χ1v) is 5.71. The molecule has 1 aliphatic carbocycles. The van der Waals surface area contributed by atoms with Crippen molar-refractivity contribution >= 4 is 5.78 Å². The zero-order chi connectivity index (χ0) is 10.7. The number of Topliss-reactive ketones (excluding diaryl/α,β-unsaturated/α-hetero) is 1. The summed E-state index contributed by atoms with van der Waals surface area (Å²) in [6.07, 6.45) is 6.48. The van der Waals surface area contributed by atoms with Crippen LogP contribution in [0.15, 0.2) is 6.20 Å². The molecule has 0 N–H and O–H groups in total. The molecule has 0 radical (unpaired) electrons. The highest BCUT2D eigenvalue weighted by atomic mass is 16.1. The molecule has 4 heteroatoms. The fourth-order valence-electron chi connectivity index (χ4n) is 1.73. The Balaban J connectivity index is 1.86. The van der Waals surface area contributed by atoms with E-state index in [4.69, 9.17) is 0 Å². The maximum Gasteiger partial charge on any atom is 0.136 e. The highest BCUT2D eigenvalue weighted by molar-refractivity contribution is 5.83. The van der Waals surface area contributed by atoms with Crippen molar-refractivity contribution < 1.29 is 4.79 Å². The van der Waals surface area contributed by atoms with Gasteiger partial charge in [0.05, 0.1) is 11.9 Å². The molecule has 82 valence electrons. The summed E-state index contributed by atoms with van der Waals surface area (Å²) in [6.45, 7) is 3.01. The standard InChI is InChI=1S/C11H17N3O/c1-2-7-14-10(8-12-13-14)5-6-11(15)9-3-4-9/h8-9H,2-7H2,1H3. The Bertz CT molecular complexity index is 341. The number of nitrogens with zero attached hydrogens (tertiary/aromatic N) is 3. The van der Waals surface area contributed by atoms with Crippen molar-refractivity contribution in [1.29, 1.82) is 0 Å². The molecular formula is C11H17N3O. The summed E-state index contributed by atoms with van der Waals surface area (Å²) in [4.78, 5) is 11.5. The minimum Gasteiger partial charge on any atom is -0.299 e. The summed E-state index contributed by atoms with van der Waals surface area (Å²) >= 11 is 0. The van der Waals surface area contributed by atoms with E-state index >= 15 is 0 Å². The normalized spacial score (nSPS) is 15.5. The van der Waals surface area contributed by atoms with Gasteiger partial charge in [-0.15, -0.1) is 5.10 Å². The van der Waals surface area contributed by atoms with E-state index in [1.165, 1.54) is 0 Å². The maximum atomic E-state index is 11.5. The Labute approximate surface area is 89.7 Å². The molecule has 0 aromatic carbocycles. The van der Waals surface area contributed by atoms with Crippen LogP contribution in [0.5, 0.6) is 0 Å². The fourth-order valence-corrected chi connectivity index (χ4v) is 1.73. The number of aromatic nitrogens is 3. The Hall–Kier alpha value is -1.19. The van der Waals surface area contributed by atoms with Crippen LogP contribution in [0.2, 0.25) is 0 Å². The molecule has 0 bridgehead atoms. The molecule has 0 unspecified atom stereocenters. The van der Waals surface area contributed by atoms with Gasteiger partial charge in [-0.05, 0) is 25.7 Å². The minimum absolute atomic E-state index is 0.375. The van der Waals surface area contributed by atoms with E-state index in [1.54, 1.807) is 6.20 Å². The third kappa shape index (κ3) is 2.64. The lowest BCUT2D eigenvalue weighted by atomic mass is 10.1. The van der Waals surface area contributed by atoms with Crippen LogP contribution in [0.1, 0.15) is 38.3 Å². The van der Waals surface area contributed by atoms with Crippen LogP contribution in [0.25, 0.3) is 0 Å². The summed E-state index contributed by atoms with van der Waals surface area (Å²) < 4.78 is 1.90. The van der Waals surface area contributed by atoms with Crippen LogP contribution in [-0.2, 0) is 17.8 Å². The highest BCUT2D eigenvalue weighted by Gasteiger charge is 2.28. The molecule has 1 aromatic heterocycles. The quantitative estimate of drug-likeness (QED) is 0.711. The number of rotatable bonds is 6. The van der Waals surface area contributed by atoms with Gasteiger partial charge in [-0.3, -0.25) is 4.79 Å². The Morgan fingerprint density at radius 1 is 1.60 bits per heavy atom. The van der Waals surface area contributed by atoms with Crippen LogP contribution < -0.4 is 0 Å². The largest absolute Gasteiger partial charge is 0.299 e. The van der Waals surface area contributed by atoms with Crippen LogP contribution in [0, 0.1) is 5.92 Å². The molecule has 1 heterocycles. The number of aryl methyl sites for hydroxylation is 2. The van der Waals surface area contributed by atoms with Gasteiger partial charge >= 0.3 is 0 Å². The summed E-state index contributed by atoms with van der Waals surface area (Å²) in [5.74, 6) is 0.791. The first-order chi connectivity index (χ1) is 7.31. The molecule has 2 rings (SSSR count). The number of hydrogen-bond donors (Lipinski definition) is 0. The van der Waals surface area contributed by atoms with Gasteiger partial charge < -0.3 is 0 Å². The van der Waals surface area contributed by atoms with Crippen LogP contribution in [-0.4, -0.2) is 20.8 Å². The van der Waals surface area contributed by atoms with Gasteiger partial charge in [0.1, 0.15) is 5.78 Å². The molecule has 0 saturated heterocycles. The van der Waals surface area contributed by atoms with Gasteiger partial charge in [0, 0.05) is 18.9 Å². The van der Waals surface area contributed by atoms with E-state index in [-0.39, 0.29) is 0 Å². The van der Waals surface area contributed by atoms with Crippen molar-refractivity contribution in [3.8, 4) is 0 Å². The van der Waals surface area contributed by atoms with E-state index in [9.17, 15) is 4.79 Å². The van der Waals surface area contributed by atoms with Crippen molar-refractivity contribution in [3.63, 3.8) is 0 Å². The fraction of sp³-hybridized carbons (Fsp3) is 0.727. The van der Waals surface area contributed by atoms with Gasteiger partial charge in [-0.2, -0.15) is 0 Å². The second kappa shape index (κ2) is 4.55. The first-order valence-electron chi connectivity index (χ1n) is 5.71. The molecule has 1 saturated carbocycles. The smallest absolute Gasteiger partial charge is 0.136 e. The van der Waals surface area contributed by atoms with Crippen molar-refractivity contribution in [2.45, 2.75) is 45.6 Å². The van der Waals surface area contributed by atoms with Gasteiger partial charge in [-0.25, -0.2) is 4.68 Å². The minimum atomic E-state index is 0.375. The second-order valence-electron chi connectivity index (χ2n) is 4.19. The summed E-state index contributed by atoms with van der Waals surface area (Å²) in [7, 11) is 0. The number of hydrogen-bond acceptors (Lipinski definition) is 3. The topological polar surface area (TPSA) is 47.8 Å². The van der Waals surface area contributed by atoms with Crippen molar-refractivity contribution in [3.05, 3.63) is 11.9 Å². The Kier molecular flexibility index (Phi) is 3.14. The summed E-state index contributed by atoms with van der Waals surface area (Å²) in [6, 6.07) is 0. The number of carbonyl (C=O) groups is 1. The third-order valence-corrected chi connectivity index (χ3v) is 2.79. The second-order valence-corrected chi connectivity index (χ2v) is 4.19. The monoisotopic (exact) mass is 207 g/mol. The molecule has 1 aromatic rings. The molecule has 4 nitrogen and oxygen atoms in total. The van der Waals surface area contributed by atoms with Crippen LogP contribution in [0.4, 0.5) is 0 Å². The third-order valence-electron chi connectivity index (χ3n) is 2.79. The molecule has 0 spiro atoms. The van der Waals surface area contributed by atoms with Gasteiger partial charge in [0.15, 0.2) is 0 Å². The van der Waals surface area contributed by atoms with Crippen molar-refractivity contribution in [1.82, 2.24) is 15.0 Å². The predicted octanol–water partition coefficient (Wildman–Crippen LogP) is 1.60. The number of ketones is 1. The average Bonchev–Trinajstić information content (AvgIpc) is 2.99. The summed E-state index contributed by atoms with van der Waals surface area (Å²) in [5, 5.41) is 7.88. The lowest BCUT2D eigenvalue weighted by Gasteiger charge is -2.03. The molecule has 1 aliphatic rings. The van der Waals surface area contributed by atoms with Crippen molar-refractivity contribution in [2.24, 2.45) is 5.92 Å². The Morgan fingerprint density at radius 3 is 3.07 bits per heavy atom. The molecule has 1 fully saturated rings. The maximum absolute atomic E-state index is 11.5. The summed E-state index contributed by atoms with van der Waals surface area (Å²) in [5.41, 5.74) is 1.09. The van der Waals surface area contributed by atoms with Gasteiger partial charge in [0.2, 0.25) is 0 Å². The van der Waals surface area contributed by atoms with E-state index in [0.29, 0.717) is 18.1 Å². The predicted molar refractivity (Wildman–Crippen MR) is 56.4 cm³/mol. The lowest BCUT2D eigenvalue weighted by Crippen LogP contribution is -2.08. The van der Waals surface area contributed by atoms with E-state index < -0.39 is 0 Å². The highest BCUT2D eigenvalue weighted by Crippen LogP contribution is 2.31. The van der Waals surface area contributed by atoms with Gasteiger partial charge in [0.25, 0.3) is 0 Å². The van der Waals surface area contributed by atoms with Crippen molar-refractivity contribution in [2.75, 3.05) is 0 Å². The molecule has 0 aliphatic heterocycles. The molecule has 0 amide bonds. The van der Waals surface area contributed by atoms with Crippen LogP contribution in [0.3, 0.4) is 0 Å².